The van der Waals surface area contributed by atoms with E-state index in [0.717, 1.165) is 23.9 Å². The quantitative estimate of drug-likeness (QED) is 0.516. The molecule has 0 bridgehead atoms. The largest absolute Gasteiger partial charge is 0.463 e. The molecule has 31 heavy (non-hydrogen) atoms. The van der Waals surface area contributed by atoms with Gasteiger partial charge in [-0.3, -0.25) is 4.79 Å². The lowest BCUT2D eigenvalue weighted by Crippen LogP contribution is -2.40. The number of amidine groups is 1. The molecule has 2 aliphatic rings. The summed E-state index contributed by atoms with van der Waals surface area (Å²) < 4.78 is 60.0. The van der Waals surface area contributed by atoms with E-state index in [2.05, 4.69) is 10.3 Å². The molecule has 1 N–H and O–H groups in total. The van der Waals surface area contributed by atoms with Gasteiger partial charge < -0.3 is 15.0 Å². The SMILES string of the molecule is CCNC(=O)CC1=CSC2=NC(C(F)(F)F)=C(C(=O)OCC)C(c3ccc(F)cc3)N12. The van der Waals surface area contributed by atoms with Gasteiger partial charge in [0.1, 0.15) is 5.82 Å². The zero-order valence-electron chi connectivity index (χ0n) is 16.6. The maximum Gasteiger partial charge on any atom is 0.434 e. The van der Waals surface area contributed by atoms with Gasteiger partial charge in [0, 0.05) is 12.2 Å². The first-order valence-corrected chi connectivity index (χ1v) is 10.3. The number of esters is 1. The molecule has 11 heteroatoms. The summed E-state index contributed by atoms with van der Waals surface area (Å²) in [5.74, 6) is -2.10. The normalized spacial score (nSPS) is 18.4. The van der Waals surface area contributed by atoms with E-state index < -0.39 is 35.3 Å². The fourth-order valence-corrected chi connectivity index (χ4v) is 4.19. The van der Waals surface area contributed by atoms with E-state index in [1.165, 1.54) is 29.4 Å². The smallest absolute Gasteiger partial charge is 0.434 e. The first-order valence-electron chi connectivity index (χ1n) is 9.41. The van der Waals surface area contributed by atoms with Gasteiger partial charge in [0.2, 0.25) is 5.91 Å². The molecule has 1 aromatic carbocycles. The third-order valence-corrected chi connectivity index (χ3v) is 5.36. The molecule has 1 atom stereocenters. The number of rotatable bonds is 6. The number of nitrogens with one attached hydrogen (secondary N) is 1. The predicted octanol–water partition coefficient (Wildman–Crippen LogP) is 4.03. The number of benzene rings is 1. The number of aliphatic imine (C=N–C) groups is 1. The number of fused-ring (bicyclic) bond motifs is 1. The number of allylic oxidation sites excluding steroid dienone is 1. The van der Waals surface area contributed by atoms with Crippen LogP contribution in [0.5, 0.6) is 0 Å². The number of carbonyl (C=O) groups excluding carboxylic acids is 2. The highest BCUT2D eigenvalue weighted by Gasteiger charge is 2.49. The summed E-state index contributed by atoms with van der Waals surface area (Å²) in [7, 11) is 0. The fraction of sp³-hybridized carbons (Fsp3) is 0.350. The van der Waals surface area contributed by atoms with Gasteiger partial charge in [-0.25, -0.2) is 14.2 Å². The molecule has 0 spiro atoms. The Hall–Kier alpha value is -2.82. The highest BCUT2D eigenvalue weighted by molar-refractivity contribution is 8.16. The van der Waals surface area contributed by atoms with E-state index in [0.29, 0.717) is 12.2 Å². The van der Waals surface area contributed by atoms with Crippen LogP contribution in [0.2, 0.25) is 0 Å². The fourth-order valence-electron chi connectivity index (χ4n) is 3.27. The van der Waals surface area contributed by atoms with Crippen molar-refractivity contribution in [2.75, 3.05) is 13.2 Å². The minimum atomic E-state index is -4.93. The number of nitrogens with zero attached hydrogens (tertiary/aromatic N) is 2. The Kier molecular flexibility index (Phi) is 6.73. The Balaban J connectivity index is 2.17. The summed E-state index contributed by atoms with van der Waals surface area (Å²) in [6.45, 7) is 3.45. The number of alkyl halides is 3. The Bertz CT molecular complexity index is 971. The predicted molar refractivity (Wildman–Crippen MR) is 107 cm³/mol. The molecule has 166 valence electrons. The highest BCUT2D eigenvalue weighted by atomic mass is 32.2. The third-order valence-electron chi connectivity index (χ3n) is 4.48. The Morgan fingerprint density at radius 1 is 1.23 bits per heavy atom. The van der Waals surface area contributed by atoms with Crippen molar-refractivity contribution in [3.63, 3.8) is 0 Å². The average Bonchev–Trinajstić information content (AvgIpc) is 3.09. The molecule has 0 saturated carbocycles. The highest BCUT2D eigenvalue weighted by Crippen LogP contribution is 2.48. The van der Waals surface area contributed by atoms with E-state index in [9.17, 15) is 27.2 Å². The molecule has 1 aromatic rings. The minimum Gasteiger partial charge on any atom is -0.463 e. The van der Waals surface area contributed by atoms with E-state index in [1.807, 2.05) is 0 Å². The van der Waals surface area contributed by atoms with Crippen LogP contribution in [-0.4, -0.2) is 41.3 Å². The number of hydrogen-bond donors (Lipinski definition) is 1. The topological polar surface area (TPSA) is 71.0 Å². The number of halogens is 4. The molecule has 0 saturated heterocycles. The van der Waals surface area contributed by atoms with Gasteiger partial charge in [-0.1, -0.05) is 23.9 Å². The molecule has 3 rings (SSSR count). The average molecular weight is 457 g/mol. The molecule has 6 nitrogen and oxygen atoms in total. The molecule has 0 radical (unpaired) electrons. The van der Waals surface area contributed by atoms with E-state index in [4.69, 9.17) is 4.74 Å². The number of carbonyl (C=O) groups is 2. The van der Waals surface area contributed by atoms with Crippen LogP contribution in [0.1, 0.15) is 31.9 Å². The zero-order valence-corrected chi connectivity index (χ0v) is 17.4. The molecule has 0 aromatic heterocycles. The van der Waals surface area contributed by atoms with E-state index >= 15 is 0 Å². The molecule has 2 heterocycles. The number of ether oxygens (including phenoxy) is 1. The van der Waals surface area contributed by atoms with Crippen LogP contribution in [0.4, 0.5) is 17.6 Å². The molecular formula is C20H19F4N3O3S. The van der Waals surface area contributed by atoms with Crippen LogP contribution in [0.25, 0.3) is 0 Å². The molecule has 2 aliphatic heterocycles. The Morgan fingerprint density at radius 3 is 2.48 bits per heavy atom. The van der Waals surface area contributed by atoms with Crippen molar-refractivity contribution in [2.24, 2.45) is 4.99 Å². The standard InChI is InChI=1S/C20H19F4N3O3S/c1-3-25-14(28)9-13-10-31-19-26-17(20(22,23)24)15(18(29)30-4-2)16(27(13)19)11-5-7-12(21)8-6-11/h5-8,10,16H,3-4,9H2,1-2H3,(H,25,28). The number of thioether (sulfide) groups is 1. The Labute approximate surface area is 180 Å². The lowest BCUT2D eigenvalue weighted by Gasteiger charge is -2.36. The molecule has 1 amide bonds. The summed E-state index contributed by atoms with van der Waals surface area (Å²) >= 11 is 0.917. The third kappa shape index (κ3) is 4.76. The van der Waals surface area contributed by atoms with Crippen LogP contribution >= 0.6 is 11.8 Å². The first-order chi connectivity index (χ1) is 14.7. The van der Waals surface area contributed by atoms with Crippen molar-refractivity contribution >= 4 is 28.8 Å². The van der Waals surface area contributed by atoms with Gasteiger partial charge in [0.15, 0.2) is 10.9 Å². The van der Waals surface area contributed by atoms with Crippen LogP contribution in [0, 0.1) is 5.82 Å². The van der Waals surface area contributed by atoms with Crippen LogP contribution in [-0.2, 0) is 14.3 Å². The summed E-state index contributed by atoms with van der Waals surface area (Å²) in [6, 6.07) is 3.48. The Morgan fingerprint density at radius 2 is 1.90 bits per heavy atom. The van der Waals surface area contributed by atoms with Crippen molar-refractivity contribution in [1.82, 2.24) is 10.2 Å². The van der Waals surface area contributed by atoms with Crippen molar-refractivity contribution in [3.8, 4) is 0 Å². The van der Waals surface area contributed by atoms with Gasteiger partial charge in [-0.2, -0.15) is 13.2 Å². The van der Waals surface area contributed by atoms with Gasteiger partial charge in [0.25, 0.3) is 0 Å². The van der Waals surface area contributed by atoms with Crippen LogP contribution < -0.4 is 5.32 Å². The maximum absolute atomic E-state index is 13.9. The first kappa shape index (κ1) is 22.9. The van der Waals surface area contributed by atoms with Gasteiger partial charge in [-0.05, 0) is 37.0 Å². The molecule has 0 aliphatic carbocycles. The van der Waals surface area contributed by atoms with E-state index in [-0.39, 0.29) is 29.7 Å². The second-order valence-corrected chi connectivity index (χ2v) is 7.39. The lowest BCUT2D eigenvalue weighted by atomic mass is 9.93. The second-order valence-electron chi connectivity index (χ2n) is 6.56. The van der Waals surface area contributed by atoms with Crippen LogP contribution in [0.3, 0.4) is 0 Å². The maximum atomic E-state index is 13.9. The number of amides is 1. The van der Waals surface area contributed by atoms with Crippen molar-refractivity contribution in [2.45, 2.75) is 32.5 Å². The summed E-state index contributed by atoms with van der Waals surface area (Å²) in [6.07, 6.45) is -5.06. The van der Waals surface area contributed by atoms with Gasteiger partial charge in [-0.15, -0.1) is 0 Å². The summed E-state index contributed by atoms with van der Waals surface area (Å²) in [4.78, 5) is 29.9. The second kappa shape index (κ2) is 9.13. The van der Waals surface area contributed by atoms with Crippen molar-refractivity contribution in [1.29, 1.82) is 0 Å². The monoisotopic (exact) mass is 457 g/mol. The van der Waals surface area contributed by atoms with Crippen LogP contribution in [0.15, 0.2) is 51.6 Å². The zero-order chi connectivity index (χ0) is 22.8. The molecule has 1 unspecified atom stereocenters. The lowest BCUT2D eigenvalue weighted by molar-refractivity contribution is -0.140. The van der Waals surface area contributed by atoms with Crippen molar-refractivity contribution < 1.29 is 31.9 Å². The molecule has 0 fully saturated rings. The van der Waals surface area contributed by atoms with Gasteiger partial charge >= 0.3 is 12.1 Å². The van der Waals surface area contributed by atoms with Gasteiger partial charge in [0.05, 0.1) is 24.6 Å². The summed E-state index contributed by atoms with van der Waals surface area (Å²) in [5.41, 5.74) is -1.49. The molecular weight excluding hydrogens is 438 g/mol. The summed E-state index contributed by atoms with van der Waals surface area (Å²) in [5, 5.41) is 4.12. The minimum absolute atomic E-state index is 0.0333. The number of hydrogen-bond acceptors (Lipinski definition) is 6. The van der Waals surface area contributed by atoms with Crippen molar-refractivity contribution in [3.05, 3.63) is 58.0 Å². The van der Waals surface area contributed by atoms with E-state index in [1.54, 1.807) is 6.92 Å².